The monoisotopic (exact) mass is 189 g/mol. The van der Waals surface area contributed by atoms with Crippen molar-refractivity contribution in [3.05, 3.63) is 35.5 Å². The number of aromatic nitrogens is 1. The fourth-order valence-electron chi connectivity index (χ4n) is 1.34. The number of benzene rings is 1. The summed E-state index contributed by atoms with van der Waals surface area (Å²) >= 11 is 0. The topological polar surface area (TPSA) is 46.3 Å². The van der Waals surface area contributed by atoms with Crippen molar-refractivity contribution in [1.82, 2.24) is 5.16 Å². The van der Waals surface area contributed by atoms with E-state index in [9.17, 15) is 5.11 Å². The molecule has 0 atom stereocenters. The van der Waals surface area contributed by atoms with Gasteiger partial charge in [-0.1, -0.05) is 16.8 Å². The fraction of sp³-hybridized carbons (Fsp3) is 0.182. The van der Waals surface area contributed by atoms with Gasteiger partial charge in [0.15, 0.2) is 5.76 Å². The highest BCUT2D eigenvalue weighted by Gasteiger charge is 2.08. The predicted octanol–water partition coefficient (Wildman–Crippen LogP) is 2.66. The molecule has 0 saturated carbocycles. The van der Waals surface area contributed by atoms with E-state index in [2.05, 4.69) is 5.16 Å². The molecule has 0 unspecified atom stereocenters. The standard InChI is InChI=1S/C11H11NO2/c1-7-3-4-10(13)9(5-7)11-6-8(2)12-14-11/h3-6,13H,1-2H3. The van der Waals surface area contributed by atoms with Gasteiger partial charge < -0.3 is 9.63 Å². The summed E-state index contributed by atoms with van der Waals surface area (Å²) in [5.74, 6) is 0.815. The molecule has 14 heavy (non-hydrogen) atoms. The van der Waals surface area contributed by atoms with Crippen LogP contribution in [0.2, 0.25) is 0 Å². The third-order valence-corrected chi connectivity index (χ3v) is 2.05. The Morgan fingerprint density at radius 3 is 2.64 bits per heavy atom. The molecule has 1 aromatic carbocycles. The Bertz CT molecular complexity index is 460. The van der Waals surface area contributed by atoms with Crippen LogP contribution in [0.1, 0.15) is 11.3 Å². The lowest BCUT2D eigenvalue weighted by atomic mass is 10.1. The van der Waals surface area contributed by atoms with Crippen molar-refractivity contribution < 1.29 is 9.63 Å². The quantitative estimate of drug-likeness (QED) is 0.750. The Morgan fingerprint density at radius 2 is 2.00 bits per heavy atom. The van der Waals surface area contributed by atoms with Gasteiger partial charge in [-0.25, -0.2) is 0 Å². The molecule has 72 valence electrons. The summed E-state index contributed by atoms with van der Waals surface area (Å²) in [4.78, 5) is 0. The van der Waals surface area contributed by atoms with E-state index in [-0.39, 0.29) is 5.75 Å². The van der Waals surface area contributed by atoms with Gasteiger partial charge in [0.1, 0.15) is 5.75 Å². The van der Waals surface area contributed by atoms with E-state index in [1.54, 1.807) is 12.1 Å². The zero-order chi connectivity index (χ0) is 10.1. The van der Waals surface area contributed by atoms with Gasteiger partial charge in [0.05, 0.1) is 11.3 Å². The zero-order valence-electron chi connectivity index (χ0n) is 8.11. The van der Waals surface area contributed by atoms with Crippen molar-refractivity contribution >= 4 is 0 Å². The van der Waals surface area contributed by atoms with Crippen LogP contribution < -0.4 is 0 Å². The first-order chi connectivity index (χ1) is 6.66. The highest BCUT2D eigenvalue weighted by atomic mass is 16.5. The van der Waals surface area contributed by atoms with E-state index < -0.39 is 0 Å². The Kier molecular flexibility index (Phi) is 2.00. The van der Waals surface area contributed by atoms with Gasteiger partial charge in [0, 0.05) is 6.07 Å². The minimum atomic E-state index is 0.215. The largest absolute Gasteiger partial charge is 0.507 e. The molecule has 0 aliphatic carbocycles. The van der Waals surface area contributed by atoms with Crippen molar-refractivity contribution in [3.8, 4) is 17.1 Å². The SMILES string of the molecule is Cc1ccc(O)c(-c2cc(C)no2)c1. The molecule has 0 aliphatic heterocycles. The number of hydrogen-bond acceptors (Lipinski definition) is 3. The summed E-state index contributed by atoms with van der Waals surface area (Å²) in [6.07, 6.45) is 0. The first-order valence-corrected chi connectivity index (χ1v) is 4.40. The second-order valence-corrected chi connectivity index (χ2v) is 3.35. The summed E-state index contributed by atoms with van der Waals surface area (Å²) in [6, 6.07) is 7.17. The van der Waals surface area contributed by atoms with Crippen molar-refractivity contribution in [2.45, 2.75) is 13.8 Å². The van der Waals surface area contributed by atoms with E-state index in [0.717, 1.165) is 11.3 Å². The van der Waals surface area contributed by atoms with Crippen molar-refractivity contribution in [3.63, 3.8) is 0 Å². The van der Waals surface area contributed by atoms with Crippen LogP contribution in [0, 0.1) is 13.8 Å². The molecule has 3 nitrogen and oxygen atoms in total. The highest BCUT2D eigenvalue weighted by Crippen LogP contribution is 2.30. The van der Waals surface area contributed by atoms with Crippen LogP contribution in [0.5, 0.6) is 5.75 Å². The van der Waals surface area contributed by atoms with Gasteiger partial charge in [0.2, 0.25) is 0 Å². The van der Waals surface area contributed by atoms with E-state index in [1.807, 2.05) is 26.0 Å². The smallest absolute Gasteiger partial charge is 0.170 e. The fourth-order valence-corrected chi connectivity index (χ4v) is 1.34. The van der Waals surface area contributed by atoms with E-state index in [0.29, 0.717) is 11.3 Å². The van der Waals surface area contributed by atoms with Crippen LogP contribution in [-0.4, -0.2) is 10.3 Å². The number of phenols is 1. The normalized spacial score (nSPS) is 10.4. The Labute approximate surface area is 82.0 Å². The lowest BCUT2D eigenvalue weighted by Gasteiger charge is -2.00. The predicted molar refractivity (Wildman–Crippen MR) is 53.1 cm³/mol. The molecule has 3 heteroatoms. The van der Waals surface area contributed by atoms with Crippen LogP contribution in [-0.2, 0) is 0 Å². The van der Waals surface area contributed by atoms with E-state index in [1.165, 1.54) is 0 Å². The van der Waals surface area contributed by atoms with Gasteiger partial charge in [-0.05, 0) is 26.0 Å². The van der Waals surface area contributed by atoms with Crippen LogP contribution in [0.3, 0.4) is 0 Å². The first kappa shape index (κ1) is 8.81. The average Bonchev–Trinajstić information content (AvgIpc) is 2.56. The lowest BCUT2D eigenvalue weighted by Crippen LogP contribution is -1.78. The number of rotatable bonds is 1. The maximum atomic E-state index is 9.61. The number of hydrogen-bond donors (Lipinski definition) is 1. The molecule has 1 N–H and O–H groups in total. The maximum Gasteiger partial charge on any atom is 0.170 e. The summed E-state index contributed by atoms with van der Waals surface area (Å²) in [7, 11) is 0. The number of aryl methyl sites for hydroxylation is 2. The molecule has 0 amide bonds. The van der Waals surface area contributed by atoms with Crippen molar-refractivity contribution in [2.24, 2.45) is 0 Å². The van der Waals surface area contributed by atoms with Crippen molar-refractivity contribution in [2.75, 3.05) is 0 Å². The molecule has 1 heterocycles. The Morgan fingerprint density at radius 1 is 1.21 bits per heavy atom. The lowest BCUT2D eigenvalue weighted by molar-refractivity contribution is 0.421. The average molecular weight is 189 g/mol. The van der Waals surface area contributed by atoms with Crippen LogP contribution in [0.25, 0.3) is 11.3 Å². The van der Waals surface area contributed by atoms with Gasteiger partial charge in [0.25, 0.3) is 0 Å². The summed E-state index contributed by atoms with van der Waals surface area (Å²) < 4.78 is 5.08. The molecule has 1 aromatic heterocycles. The highest BCUT2D eigenvalue weighted by molar-refractivity contribution is 5.66. The zero-order valence-corrected chi connectivity index (χ0v) is 8.11. The molecular formula is C11H11NO2. The van der Waals surface area contributed by atoms with Crippen molar-refractivity contribution in [1.29, 1.82) is 0 Å². The molecule has 0 radical (unpaired) electrons. The molecule has 0 bridgehead atoms. The third kappa shape index (κ3) is 1.48. The third-order valence-electron chi connectivity index (χ3n) is 2.05. The summed E-state index contributed by atoms with van der Waals surface area (Å²) in [5.41, 5.74) is 2.57. The molecule has 0 spiro atoms. The maximum absolute atomic E-state index is 9.61. The first-order valence-electron chi connectivity index (χ1n) is 4.40. The molecule has 0 aliphatic rings. The number of nitrogens with zero attached hydrogens (tertiary/aromatic N) is 1. The number of aromatic hydroxyl groups is 1. The minimum absolute atomic E-state index is 0.215. The molecule has 0 saturated heterocycles. The summed E-state index contributed by atoms with van der Waals surface area (Å²) in [6.45, 7) is 3.81. The number of phenolic OH excluding ortho intramolecular Hbond substituents is 1. The van der Waals surface area contributed by atoms with Gasteiger partial charge in [-0.2, -0.15) is 0 Å². The Hall–Kier alpha value is -1.77. The van der Waals surface area contributed by atoms with Crippen LogP contribution in [0.15, 0.2) is 28.8 Å². The van der Waals surface area contributed by atoms with Crippen LogP contribution in [0.4, 0.5) is 0 Å². The molecule has 2 aromatic rings. The van der Waals surface area contributed by atoms with Gasteiger partial charge >= 0.3 is 0 Å². The molecular weight excluding hydrogens is 178 g/mol. The van der Waals surface area contributed by atoms with Gasteiger partial charge in [-0.15, -0.1) is 0 Å². The van der Waals surface area contributed by atoms with E-state index >= 15 is 0 Å². The Balaban J connectivity index is 2.55. The minimum Gasteiger partial charge on any atom is -0.507 e. The van der Waals surface area contributed by atoms with E-state index in [4.69, 9.17) is 4.52 Å². The second-order valence-electron chi connectivity index (χ2n) is 3.35. The van der Waals surface area contributed by atoms with Crippen LogP contribution >= 0.6 is 0 Å². The molecule has 0 fully saturated rings. The molecule has 2 rings (SSSR count). The van der Waals surface area contributed by atoms with Gasteiger partial charge in [-0.3, -0.25) is 0 Å². The second kappa shape index (κ2) is 3.18. The summed E-state index contributed by atoms with van der Waals surface area (Å²) in [5, 5.41) is 13.4.